The summed E-state index contributed by atoms with van der Waals surface area (Å²) >= 11 is 0. The summed E-state index contributed by atoms with van der Waals surface area (Å²) in [6, 6.07) is 17.0. The number of aromatic amines is 1. The number of carbonyl (C=O) groups is 1. The summed E-state index contributed by atoms with van der Waals surface area (Å²) in [5.74, 6) is -0.318. The molecule has 0 unspecified atom stereocenters. The van der Waals surface area contributed by atoms with Gasteiger partial charge in [-0.1, -0.05) is 42.5 Å². The smallest absolute Gasteiger partial charge is 0.355 e. The van der Waals surface area contributed by atoms with Gasteiger partial charge < -0.3 is 9.72 Å². The minimum Gasteiger partial charge on any atom is -0.455 e. The molecule has 3 aromatic carbocycles. The van der Waals surface area contributed by atoms with Crippen molar-refractivity contribution in [2.24, 2.45) is 0 Å². The van der Waals surface area contributed by atoms with Crippen LogP contribution in [0.1, 0.15) is 31.3 Å². The molecule has 0 saturated heterocycles. The van der Waals surface area contributed by atoms with E-state index in [1.54, 1.807) is 0 Å². The van der Waals surface area contributed by atoms with E-state index in [0.29, 0.717) is 5.69 Å². The van der Waals surface area contributed by atoms with Gasteiger partial charge in [-0.05, 0) is 59.9 Å². The first-order valence-electron chi connectivity index (χ1n) is 8.84. The molecule has 3 nitrogen and oxygen atoms in total. The van der Waals surface area contributed by atoms with Crippen molar-refractivity contribution in [2.75, 3.05) is 0 Å². The van der Waals surface area contributed by atoms with E-state index in [1.807, 2.05) is 27.0 Å². The summed E-state index contributed by atoms with van der Waals surface area (Å²) in [6.45, 7) is 5.65. The number of ether oxygens (including phenoxy) is 1. The Bertz CT molecular complexity index is 1210. The molecule has 1 aliphatic carbocycles. The van der Waals surface area contributed by atoms with Gasteiger partial charge in [0, 0.05) is 17.0 Å². The molecule has 0 amide bonds. The van der Waals surface area contributed by atoms with Gasteiger partial charge in [0.15, 0.2) is 0 Å². The van der Waals surface area contributed by atoms with Crippen LogP contribution in [-0.4, -0.2) is 16.6 Å². The molecule has 26 heavy (non-hydrogen) atoms. The fraction of sp³-hybridized carbons (Fsp3) is 0.174. The minimum atomic E-state index is -0.526. The second-order valence-corrected chi connectivity index (χ2v) is 7.82. The quantitative estimate of drug-likeness (QED) is 0.384. The number of benzene rings is 3. The number of esters is 1. The average Bonchev–Trinajstić information content (AvgIpc) is 3.16. The van der Waals surface area contributed by atoms with Crippen molar-refractivity contribution in [3.05, 3.63) is 60.4 Å². The molecule has 1 N–H and O–H groups in total. The summed E-state index contributed by atoms with van der Waals surface area (Å²) in [5, 5.41) is 4.39. The molecule has 0 fully saturated rings. The van der Waals surface area contributed by atoms with E-state index in [4.69, 9.17) is 4.74 Å². The predicted octanol–water partition coefficient (Wildman–Crippen LogP) is 5.92. The Morgan fingerprint density at radius 1 is 0.846 bits per heavy atom. The van der Waals surface area contributed by atoms with Gasteiger partial charge in [-0.15, -0.1) is 0 Å². The fourth-order valence-corrected chi connectivity index (χ4v) is 3.98. The summed E-state index contributed by atoms with van der Waals surface area (Å²) in [6.07, 6.45) is 1.92. The largest absolute Gasteiger partial charge is 0.455 e. The van der Waals surface area contributed by atoms with E-state index in [9.17, 15) is 4.79 Å². The number of rotatable bonds is 1. The molecule has 128 valence electrons. The number of H-pyrrole nitrogens is 1. The SMILES string of the molecule is CC(C)(C)OC(=O)c1[nH]cc2c1cc1c3c(cccc32)-c2ccccc2-1. The molecule has 1 aliphatic rings. The van der Waals surface area contributed by atoms with Crippen LogP contribution < -0.4 is 0 Å². The van der Waals surface area contributed by atoms with Gasteiger partial charge in [-0.3, -0.25) is 0 Å². The third-order valence-electron chi connectivity index (χ3n) is 4.94. The summed E-state index contributed by atoms with van der Waals surface area (Å²) < 4.78 is 5.59. The molecule has 4 aromatic rings. The fourth-order valence-electron chi connectivity index (χ4n) is 3.98. The molecule has 0 saturated carbocycles. The van der Waals surface area contributed by atoms with Gasteiger partial charge in [0.1, 0.15) is 11.3 Å². The Morgan fingerprint density at radius 3 is 2.27 bits per heavy atom. The molecule has 1 heterocycles. The van der Waals surface area contributed by atoms with Crippen LogP contribution in [0.2, 0.25) is 0 Å². The van der Waals surface area contributed by atoms with Crippen molar-refractivity contribution in [2.45, 2.75) is 26.4 Å². The highest BCUT2D eigenvalue weighted by Gasteiger charge is 2.26. The van der Waals surface area contributed by atoms with Crippen LogP contribution in [0.3, 0.4) is 0 Å². The van der Waals surface area contributed by atoms with Gasteiger partial charge in [-0.25, -0.2) is 4.79 Å². The number of hydrogen-bond donors (Lipinski definition) is 1. The molecule has 1 aromatic heterocycles. The molecular formula is C23H19NO2. The Labute approximate surface area is 151 Å². The lowest BCUT2D eigenvalue weighted by Gasteiger charge is -2.19. The van der Waals surface area contributed by atoms with Gasteiger partial charge in [-0.2, -0.15) is 0 Å². The van der Waals surface area contributed by atoms with Crippen LogP contribution in [-0.2, 0) is 4.74 Å². The zero-order chi connectivity index (χ0) is 18.1. The Kier molecular flexibility index (Phi) is 2.91. The van der Waals surface area contributed by atoms with E-state index < -0.39 is 5.60 Å². The van der Waals surface area contributed by atoms with Crippen molar-refractivity contribution >= 4 is 27.5 Å². The predicted molar refractivity (Wildman–Crippen MR) is 105 cm³/mol. The van der Waals surface area contributed by atoms with Crippen molar-refractivity contribution in [1.29, 1.82) is 0 Å². The van der Waals surface area contributed by atoms with E-state index >= 15 is 0 Å². The second kappa shape index (κ2) is 4.98. The van der Waals surface area contributed by atoms with Crippen molar-refractivity contribution in [1.82, 2.24) is 4.98 Å². The maximum atomic E-state index is 12.7. The van der Waals surface area contributed by atoms with Gasteiger partial charge in [0.05, 0.1) is 0 Å². The van der Waals surface area contributed by atoms with E-state index in [0.717, 1.165) is 16.2 Å². The third-order valence-corrected chi connectivity index (χ3v) is 4.94. The van der Waals surface area contributed by atoms with E-state index in [2.05, 4.69) is 53.5 Å². The maximum absolute atomic E-state index is 12.7. The third kappa shape index (κ3) is 2.03. The first-order valence-corrected chi connectivity index (χ1v) is 8.84. The normalized spacial score (nSPS) is 12.6. The maximum Gasteiger partial charge on any atom is 0.355 e. The van der Waals surface area contributed by atoms with Crippen molar-refractivity contribution in [3.8, 4) is 22.3 Å². The number of aromatic nitrogens is 1. The molecule has 0 radical (unpaired) electrons. The first kappa shape index (κ1) is 15.2. The van der Waals surface area contributed by atoms with Crippen molar-refractivity contribution in [3.63, 3.8) is 0 Å². The number of hydrogen-bond acceptors (Lipinski definition) is 2. The average molecular weight is 341 g/mol. The number of nitrogens with one attached hydrogen (secondary N) is 1. The monoisotopic (exact) mass is 341 g/mol. The number of fused-ring (bicyclic) bond motifs is 5. The summed E-state index contributed by atoms with van der Waals surface area (Å²) in [5.41, 5.74) is 4.91. The zero-order valence-corrected chi connectivity index (χ0v) is 15.0. The zero-order valence-electron chi connectivity index (χ0n) is 15.0. The Hall–Kier alpha value is -3.07. The van der Waals surface area contributed by atoms with Crippen LogP contribution in [0.4, 0.5) is 0 Å². The summed E-state index contributed by atoms with van der Waals surface area (Å²) in [7, 11) is 0. The van der Waals surface area contributed by atoms with Crippen LogP contribution >= 0.6 is 0 Å². The highest BCUT2D eigenvalue weighted by atomic mass is 16.6. The molecule has 0 spiro atoms. The molecule has 3 heteroatoms. The van der Waals surface area contributed by atoms with Crippen LogP contribution in [0.5, 0.6) is 0 Å². The molecular weight excluding hydrogens is 322 g/mol. The van der Waals surface area contributed by atoms with Crippen LogP contribution in [0.25, 0.3) is 43.8 Å². The lowest BCUT2D eigenvalue weighted by atomic mass is 9.98. The lowest BCUT2D eigenvalue weighted by Crippen LogP contribution is -2.24. The first-order chi connectivity index (χ1) is 12.4. The van der Waals surface area contributed by atoms with E-state index in [-0.39, 0.29) is 5.97 Å². The highest BCUT2D eigenvalue weighted by molar-refractivity contribution is 6.25. The second-order valence-electron chi connectivity index (χ2n) is 7.82. The molecule has 0 aliphatic heterocycles. The standard InChI is InChI=1S/C23H19NO2/c1-23(2,3)26-22(25)21-18-11-17-14-8-5-4-7-13(14)15-9-6-10-16(20(15)17)19(18)12-24-21/h4-12,24H,1-3H3. The van der Waals surface area contributed by atoms with Crippen LogP contribution in [0.15, 0.2) is 54.7 Å². The molecule has 5 rings (SSSR count). The molecule has 0 bridgehead atoms. The summed E-state index contributed by atoms with van der Waals surface area (Å²) in [4.78, 5) is 15.8. The van der Waals surface area contributed by atoms with Crippen LogP contribution in [0, 0.1) is 0 Å². The van der Waals surface area contributed by atoms with Crippen molar-refractivity contribution < 1.29 is 9.53 Å². The number of carbonyl (C=O) groups excluding carboxylic acids is 1. The van der Waals surface area contributed by atoms with Gasteiger partial charge >= 0.3 is 5.97 Å². The molecule has 0 atom stereocenters. The lowest BCUT2D eigenvalue weighted by molar-refractivity contribution is 0.00659. The topological polar surface area (TPSA) is 42.1 Å². The Morgan fingerprint density at radius 2 is 1.54 bits per heavy atom. The van der Waals surface area contributed by atoms with Gasteiger partial charge in [0.2, 0.25) is 0 Å². The highest BCUT2D eigenvalue weighted by Crippen LogP contribution is 2.49. The van der Waals surface area contributed by atoms with E-state index in [1.165, 1.54) is 27.6 Å². The minimum absolute atomic E-state index is 0.318. The Balaban J connectivity index is 1.83. The van der Waals surface area contributed by atoms with Gasteiger partial charge in [0.25, 0.3) is 0 Å².